The highest BCUT2D eigenvalue weighted by Crippen LogP contribution is 2.28. The fraction of sp³-hybridized carbons (Fsp3) is 0.588. The van der Waals surface area contributed by atoms with Crippen molar-refractivity contribution >= 4 is 5.91 Å². The summed E-state index contributed by atoms with van der Waals surface area (Å²) in [5.41, 5.74) is 6.81. The lowest BCUT2D eigenvalue weighted by molar-refractivity contribution is -0.127. The van der Waals surface area contributed by atoms with Gasteiger partial charge in [0.05, 0.1) is 12.6 Å². The van der Waals surface area contributed by atoms with Crippen LogP contribution in [0.4, 0.5) is 0 Å². The number of aliphatic hydroxyl groups is 1. The van der Waals surface area contributed by atoms with Crippen molar-refractivity contribution < 1.29 is 9.90 Å². The summed E-state index contributed by atoms with van der Waals surface area (Å²) in [5, 5.41) is 12.5. The quantitative estimate of drug-likeness (QED) is 0.742. The normalized spacial score (nSPS) is 23.5. The van der Waals surface area contributed by atoms with Crippen molar-refractivity contribution in [3.05, 3.63) is 35.9 Å². The van der Waals surface area contributed by atoms with E-state index in [0.717, 1.165) is 37.8 Å². The first-order valence-corrected chi connectivity index (χ1v) is 7.88. The zero-order valence-electron chi connectivity index (χ0n) is 12.5. The third-order valence-corrected chi connectivity index (χ3v) is 4.44. The van der Waals surface area contributed by atoms with E-state index in [0.29, 0.717) is 12.3 Å². The van der Waals surface area contributed by atoms with Crippen LogP contribution in [0.25, 0.3) is 0 Å². The Balaban J connectivity index is 1.82. The zero-order valence-corrected chi connectivity index (χ0v) is 12.5. The first kappa shape index (κ1) is 16.0. The molecule has 0 aliphatic heterocycles. The van der Waals surface area contributed by atoms with Gasteiger partial charge in [-0.1, -0.05) is 30.3 Å². The minimum Gasteiger partial charge on any atom is -0.394 e. The van der Waals surface area contributed by atoms with Crippen LogP contribution in [-0.4, -0.2) is 30.2 Å². The van der Waals surface area contributed by atoms with Gasteiger partial charge in [0.15, 0.2) is 0 Å². The molecule has 1 aliphatic carbocycles. The van der Waals surface area contributed by atoms with Crippen LogP contribution in [0.15, 0.2) is 30.3 Å². The molecule has 0 radical (unpaired) electrons. The SMILES string of the molecule is NCC1CCC(C(=O)NC(CO)Cc2ccccc2)CC1. The summed E-state index contributed by atoms with van der Waals surface area (Å²) in [7, 11) is 0. The lowest BCUT2D eigenvalue weighted by atomic mass is 9.81. The van der Waals surface area contributed by atoms with E-state index in [9.17, 15) is 9.90 Å². The molecule has 21 heavy (non-hydrogen) atoms. The van der Waals surface area contributed by atoms with E-state index in [1.165, 1.54) is 0 Å². The Morgan fingerprint density at radius 3 is 2.48 bits per heavy atom. The van der Waals surface area contributed by atoms with Crippen LogP contribution < -0.4 is 11.1 Å². The van der Waals surface area contributed by atoms with Crippen LogP contribution in [0.2, 0.25) is 0 Å². The van der Waals surface area contributed by atoms with E-state index in [2.05, 4.69) is 5.32 Å². The van der Waals surface area contributed by atoms with Gasteiger partial charge in [-0.25, -0.2) is 0 Å². The molecule has 116 valence electrons. The number of hydrogen-bond donors (Lipinski definition) is 3. The number of aliphatic hydroxyl groups excluding tert-OH is 1. The molecule has 1 aromatic carbocycles. The number of benzene rings is 1. The largest absolute Gasteiger partial charge is 0.394 e. The lowest BCUT2D eigenvalue weighted by Crippen LogP contribution is -2.43. The number of amides is 1. The van der Waals surface area contributed by atoms with Gasteiger partial charge in [0, 0.05) is 5.92 Å². The summed E-state index contributed by atoms with van der Waals surface area (Å²) in [4.78, 5) is 12.3. The van der Waals surface area contributed by atoms with Crippen LogP contribution >= 0.6 is 0 Å². The molecular formula is C17H26N2O2. The van der Waals surface area contributed by atoms with Gasteiger partial charge >= 0.3 is 0 Å². The Labute approximate surface area is 126 Å². The van der Waals surface area contributed by atoms with Crippen LogP contribution in [0, 0.1) is 11.8 Å². The second-order valence-corrected chi connectivity index (χ2v) is 6.03. The van der Waals surface area contributed by atoms with E-state index in [1.807, 2.05) is 30.3 Å². The molecule has 0 bridgehead atoms. The van der Waals surface area contributed by atoms with Crippen LogP contribution in [-0.2, 0) is 11.2 Å². The van der Waals surface area contributed by atoms with E-state index >= 15 is 0 Å². The van der Waals surface area contributed by atoms with E-state index in [-0.39, 0.29) is 24.5 Å². The van der Waals surface area contributed by atoms with Crippen molar-refractivity contribution in [2.24, 2.45) is 17.6 Å². The molecule has 1 aliphatic rings. The van der Waals surface area contributed by atoms with Crippen LogP contribution in [0.1, 0.15) is 31.2 Å². The molecule has 1 fully saturated rings. The summed E-state index contributed by atoms with van der Waals surface area (Å²) in [6.07, 6.45) is 4.57. The first-order valence-electron chi connectivity index (χ1n) is 7.88. The van der Waals surface area contributed by atoms with E-state index < -0.39 is 0 Å². The second kappa shape index (κ2) is 8.15. The standard InChI is InChI=1S/C17H26N2O2/c18-11-14-6-8-15(9-7-14)17(21)19-16(12-20)10-13-4-2-1-3-5-13/h1-5,14-16,20H,6-12,18H2,(H,19,21). The average molecular weight is 290 g/mol. The molecule has 0 heterocycles. The molecule has 2 rings (SSSR count). The van der Waals surface area contributed by atoms with E-state index in [1.54, 1.807) is 0 Å². The van der Waals surface area contributed by atoms with Crippen LogP contribution in [0.3, 0.4) is 0 Å². The molecule has 1 aromatic rings. The number of carbonyl (C=O) groups excluding carboxylic acids is 1. The van der Waals surface area contributed by atoms with Crippen molar-refractivity contribution in [1.82, 2.24) is 5.32 Å². The molecule has 0 aromatic heterocycles. The van der Waals surface area contributed by atoms with Gasteiger partial charge in [-0.15, -0.1) is 0 Å². The highest BCUT2D eigenvalue weighted by molar-refractivity contribution is 5.79. The highest BCUT2D eigenvalue weighted by atomic mass is 16.3. The Morgan fingerprint density at radius 2 is 1.90 bits per heavy atom. The first-order chi connectivity index (χ1) is 10.2. The van der Waals surface area contributed by atoms with Gasteiger partial charge in [0.25, 0.3) is 0 Å². The Kier molecular flexibility index (Phi) is 6.21. The molecule has 0 spiro atoms. The second-order valence-electron chi connectivity index (χ2n) is 6.03. The zero-order chi connectivity index (χ0) is 15.1. The number of nitrogens with one attached hydrogen (secondary N) is 1. The predicted molar refractivity (Wildman–Crippen MR) is 83.7 cm³/mol. The molecule has 1 unspecified atom stereocenters. The molecule has 4 N–H and O–H groups in total. The predicted octanol–water partition coefficient (Wildman–Crippen LogP) is 1.47. The number of rotatable bonds is 6. The molecule has 1 saturated carbocycles. The lowest BCUT2D eigenvalue weighted by Gasteiger charge is -2.28. The summed E-state index contributed by atoms with van der Waals surface area (Å²) < 4.78 is 0. The molecular weight excluding hydrogens is 264 g/mol. The van der Waals surface area contributed by atoms with Crippen molar-refractivity contribution in [2.75, 3.05) is 13.2 Å². The Bertz CT molecular complexity index is 428. The molecule has 0 saturated heterocycles. The maximum atomic E-state index is 12.3. The molecule has 1 amide bonds. The van der Waals surface area contributed by atoms with Gasteiger partial charge in [0.2, 0.25) is 5.91 Å². The monoisotopic (exact) mass is 290 g/mol. The van der Waals surface area contributed by atoms with Gasteiger partial charge in [-0.3, -0.25) is 4.79 Å². The molecule has 4 heteroatoms. The van der Waals surface area contributed by atoms with Crippen LogP contribution in [0.5, 0.6) is 0 Å². The topological polar surface area (TPSA) is 75.4 Å². The fourth-order valence-electron chi connectivity index (χ4n) is 3.04. The summed E-state index contributed by atoms with van der Waals surface area (Å²) in [6, 6.07) is 9.74. The summed E-state index contributed by atoms with van der Waals surface area (Å²) >= 11 is 0. The summed E-state index contributed by atoms with van der Waals surface area (Å²) in [6.45, 7) is 0.695. The van der Waals surface area contributed by atoms with Crippen molar-refractivity contribution in [3.63, 3.8) is 0 Å². The van der Waals surface area contributed by atoms with Gasteiger partial charge in [-0.05, 0) is 50.1 Å². The highest BCUT2D eigenvalue weighted by Gasteiger charge is 2.26. The Hall–Kier alpha value is -1.39. The third-order valence-electron chi connectivity index (χ3n) is 4.44. The number of hydrogen-bond acceptors (Lipinski definition) is 3. The van der Waals surface area contributed by atoms with Gasteiger partial charge in [0.1, 0.15) is 0 Å². The fourth-order valence-corrected chi connectivity index (χ4v) is 3.04. The maximum Gasteiger partial charge on any atom is 0.223 e. The molecule has 1 atom stereocenters. The minimum absolute atomic E-state index is 0.0290. The number of nitrogens with two attached hydrogens (primary N) is 1. The third kappa shape index (κ3) is 4.83. The van der Waals surface area contributed by atoms with Crippen molar-refractivity contribution in [3.8, 4) is 0 Å². The van der Waals surface area contributed by atoms with Gasteiger partial charge in [-0.2, -0.15) is 0 Å². The minimum atomic E-state index is -0.202. The van der Waals surface area contributed by atoms with Crippen molar-refractivity contribution in [1.29, 1.82) is 0 Å². The number of carbonyl (C=O) groups is 1. The summed E-state index contributed by atoms with van der Waals surface area (Å²) in [5.74, 6) is 0.741. The van der Waals surface area contributed by atoms with E-state index in [4.69, 9.17) is 5.73 Å². The maximum absolute atomic E-state index is 12.3. The Morgan fingerprint density at radius 1 is 1.24 bits per heavy atom. The average Bonchev–Trinajstić information content (AvgIpc) is 2.55. The van der Waals surface area contributed by atoms with Crippen molar-refractivity contribution in [2.45, 2.75) is 38.1 Å². The smallest absolute Gasteiger partial charge is 0.223 e. The molecule has 4 nitrogen and oxygen atoms in total. The van der Waals surface area contributed by atoms with Gasteiger partial charge < -0.3 is 16.2 Å².